The summed E-state index contributed by atoms with van der Waals surface area (Å²) in [6.45, 7) is 0.180. The summed E-state index contributed by atoms with van der Waals surface area (Å²) in [5.74, 6) is 0.0175. The van der Waals surface area contributed by atoms with Gasteiger partial charge in [0.25, 0.3) is 0 Å². The number of carbonyl (C=O) groups excluding carboxylic acids is 1. The fourth-order valence-corrected chi connectivity index (χ4v) is 2.07. The molecule has 2 amide bonds. The van der Waals surface area contributed by atoms with Gasteiger partial charge in [-0.1, -0.05) is 0 Å². The Morgan fingerprint density at radius 3 is 2.91 bits per heavy atom. The number of amides is 2. The van der Waals surface area contributed by atoms with Crippen LogP contribution in [0.25, 0.3) is 11.3 Å². The highest BCUT2D eigenvalue weighted by Gasteiger charge is 2.16. The standard InChI is InChI=1S/C16H19FN2O4/c1-19(9-12(20)10-22-2)16(21)18-14-8-11(5-6-13(14)17)15-4-3-7-23-15/h3-8,12,20H,9-10H2,1-2H3,(H,18,21). The Morgan fingerprint density at radius 2 is 2.26 bits per heavy atom. The van der Waals surface area contributed by atoms with Crippen LogP contribution in [-0.4, -0.2) is 49.5 Å². The van der Waals surface area contributed by atoms with Crippen molar-refractivity contribution in [2.24, 2.45) is 0 Å². The summed E-state index contributed by atoms with van der Waals surface area (Å²) >= 11 is 0. The molecule has 124 valence electrons. The third kappa shape index (κ3) is 4.54. The molecule has 1 aromatic carbocycles. The molecule has 0 saturated carbocycles. The highest BCUT2D eigenvalue weighted by Crippen LogP contribution is 2.25. The largest absolute Gasteiger partial charge is 0.464 e. The molecule has 1 aromatic heterocycles. The molecule has 0 spiro atoms. The average molecular weight is 322 g/mol. The average Bonchev–Trinajstić information content (AvgIpc) is 3.03. The number of rotatable bonds is 6. The number of methoxy groups -OCH3 is 1. The molecule has 1 unspecified atom stereocenters. The summed E-state index contributed by atoms with van der Waals surface area (Å²) < 4.78 is 23.9. The minimum absolute atomic E-state index is 0.0389. The van der Waals surface area contributed by atoms with E-state index in [1.165, 1.54) is 37.5 Å². The van der Waals surface area contributed by atoms with Crippen LogP contribution >= 0.6 is 0 Å². The number of benzene rings is 1. The number of hydrogen-bond acceptors (Lipinski definition) is 4. The van der Waals surface area contributed by atoms with E-state index in [4.69, 9.17) is 9.15 Å². The molecule has 0 aliphatic carbocycles. The number of hydrogen-bond donors (Lipinski definition) is 2. The number of likely N-dealkylation sites (N-methyl/N-ethyl adjacent to an activating group) is 1. The lowest BCUT2D eigenvalue weighted by Crippen LogP contribution is -2.38. The van der Waals surface area contributed by atoms with Crippen LogP contribution in [0, 0.1) is 5.82 Å². The molecule has 0 saturated heterocycles. The number of aliphatic hydroxyl groups is 1. The first-order chi connectivity index (χ1) is 11.0. The molecule has 6 nitrogen and oxygen atoms in total. The van der Waals surface area contributed by atoms with Gasteiger partial charge in [-0.05, 0) is 30.3 Å². The Kier molecular flexibility index (Phi) is 5.72. The van der Waals surface area contributed by atoms with Crippen LogP contribution in [0.2, 0.25) is 0 Å². The third-order valence-electron chi connectivity index (χ3n) is 3.20. The molecule has 0 aliphatic rings. The highest BCUT2D eigenvalue weighted by molar-refractivity contribution is 5.90. The lowest BCUT2D eigenvalue weighted by Gasteiger charge is -2.21. The normalized spacial score (nSPS) is 12.0. The van der Waals surface area contributed by atoms with E-state index in [1.807, 2.05) is 0 Å². The number of carbonyl (C=O) groups is 1. The number of furan rings is 1. The second-order valence-electron chi connectivity index (χ2n) is 5.09. The lowest BCUT2D eigenvalue weighted by atomic mass is 10.1. The van der Waals surface area contributed by atoms with Crippen LogP contribution in [-0.2, 0) is 4.74 Å². The van der Waals surface area contributed by atoms with Gasteiger partial charge in [0.2, 0.25) is 0 Å². The van der Waals surface area contributed by atoms with Crippen molar-refractivity contribution in [3.63, 3.8) is 0 Å². The van der Waals surface area contributed by atoms with Crippen molar-refractivity contribution in [1.29, 1.82) is 0 Å². The molecule has 0 aliphatic heterocycles. The number of ether oxygens (including phenoxy) is 1. The molecule has 2 aromatic rings. The monoisotopic (exact) mass is 322 g/mol. The minimum atomic E-state index is -0.810. The topological polar surface area (TPSA) is 74.9 Å². The predicted molar refractivity (Wildman–Crippen MR) is 83.6 cm³/mol. The first-order valence-electron chi connectivity index (χ1n) is 7.03. The minimum Gasteiger partial charge on any atom is -0.464 e. The molecule has 2 N–H and O–H groups in total. The van der Waals surface area contributed by atoms with E-state index in [9.17, 15) is 14.3 Å². The molecule has 0 bridgehead atoms. The Morgan fingerprint density at radius 1 is 1.48 bits per heavy atom. The predicted octanol–water partition coefficient (Wildman–Crippen LogP) is 2.56. The Balaban J connectivity index is 2.07. The van der Waals surface area contributed by atoms with Crippen molar-refractivity contribution in [3.05, 3.63) is 42.4 Å². The van der Waals surface area contributed by atoms with Gasteiger partial charge >= 0.3 is 6.03 Å². The molecule has 1 atom stereocenters. The molecule has 7 heteroatoms. The SMILES string of the molecule is COCC(O)CN(C)C(=O)Nc1cc(-c2ccco2)ccc1F. The van der Waals surface area contributed by atoms with E-state index in [-0.39, 0.29) is 18.8 Å². The number of urea groups is 1. The summed E-state index contributed by atoms with van der Waals surface area (Å²) in [4.78, 5) is 13.3. The fourth-order valence-electron chi connectivity index (χ4n) is 2.07. The first-order valence-corrected chi connectivity index (χ1v) is 7.03. The van der Waals surface area contributed by atoms with E-state index in [0.29, 0.717) is 11.3 Å². The smallest absolute Gasteiger partial charge is 0.321 e. The highest BCUT2D eigenvalue weighted by atomic mass is 19.1. The van der Waals surface area contributed by atoms with Crippen molar-refractivity contribution in [2.75, 3.05) is 32.6 Å². The van der Waals surface area contributed by atoms with Crippen molar-refractivity contribution < 1.29 is 23.4 Å². The van der Waals surface area contributed by atoms with Crippen molar-refractivity contribution in [2.45, 2.75) is 6.10 Å². The van der Waals surface area contributed by atoms with Gasteiger partial charge in [-0.25, -0.2) is 9.18 Å². The van der Waals surface area contributed by atoms with Crippen molar-refractivity contribution >= 4 is 11.7 Å². The number of anilines is 1. The molecule has 1 heterocycles. The van der Waals surface area contributed by atoms with Gasteiger partial charge in [0.15, 0.2) is 0 Å². The summed E-state index contributed by atoms with van der Waals surface area (Å²) in [6, 6.07) is 7.25. The maximum absolute atomic E-state index is 13.9. The Hall–Kier alpha value is -2.38. The summed E-state index contributed by atoms with van der Waals surface area (Å²) in [6.07, 6.45) is 0.706. The van der Waals surface area contributed by atoms with E-state index >= 15 is 0 Å². The van der Waals surface area contributed by atoms with Gasteiger partial charge < -0.3 is 24.5 Å². The Bertz CT molecular complexity index is 646. The van der Waals surface area contributed by atoms with Crippen LogP contribution in [0.1, 0.15) is 0 Å². The molecular weight excluding hydrogens is 303 g/mol. The van der Waals surface area contributed by atoms with Crippen molar-refractivity contribution in [1.82, 2.24) is 4.90 Å². The zero-order chi connectivity index (χ0) is 16.8. The zero-order valence-electron chi connectivity index (χ0n) is 13.0. The van der Waals surface area contributed by atoms with Gasteiger partial charge in [-0.15, -0.1) is 0 Å². The summed E-state index contributed by atoms with van der Waals surface area (Å²) in [5.41, 5.74) is 0.686. The Labute approximate surface area is 133 Å². The van der Waals surface area contributed by atoms with Gasteiger partial charge in [0.05, 0.1) is 31.2 Å². The molecule has 23 heavy (non-hydrogen) atoms. The quantitative estimate of drug-likeness (QED) is 0.857. The van der Waals surface area contributed by atoms with Crippen LogP contribution in [0.4, 0.5) is 14.9 Å². The van der Waals surface area contributed by atoms with Gasteiger partial charge in [0.1, 0.15) is 11.6 Å². The van der Waals surface area contributed by atoms with Crippen molar-refractivity contribution in [3.8, 4) is 11.3 Å². The van der Waals surface area contributed by atoms with Crippen LogP contribution < -0.4 is 5.32 Å². The van der Waals surface area contributed by atoms with Gasteiger partial charge in [0, 0.05) is 19.7 Å². The first kappa shape index (κ1) is 17.0. The van der Waals surface area contributed by atoms with E-state index in [2.05, 4.69) is 5.32 Å². The van der Waals surface area contributed by atoms with E-state index in [1.54, 1.807) is 18.2 Å². The van der Waals surface area contributed by atoms with Gasteiger partial charge in [-0.2, -0.15) is 0 Å². The van der Waals surface area contributed by atoms with Crippen LogP contribution in [0.3, 0.4) is 0 Å². The maximum atomic E-state index is 13.9. The number of halogens is 1. The maximum Gasteiger partial charge on any atom is 0.321 e. The number of nitrogens with zero attached hydrogens (tertiary/aromatic N) is 1. The number of nitrogens with one attached hydrogen (secondary N) is 1. The zero-order valence-corrected chi connectivity index (χ0v) is 13.0. The fraction of sp³-hybridized carbons (Fsp3) is 0.312. The van der Waals surface area contributed by atoms with Crippen LogP contribution in [0.5, 0.6) is 0 Å². The second-order valence-corrected chi connectivity index (χ2v) is 5.09. The molecule has 0 radical (unpaired) electrons. The number of aliphatic hydroxyl groups excluding tert-OH is 1. The summed E-state index contributed by atoms with van der Waals surface area (Å²) in [5, 5.41) is 12.1. The lowest BCUT2D eigenvalue weighted by molar-refractivity contribution is 0.0501. The molecule has 2 rings (SSSR count). The van der Waals surface area contributed by atoms with E-state index < -0.39 is 18.0 Å². The van der Waals surface area contributed by atoms with Gasteiger partial charge in [-0.3, -0.25) is 0 Å². The second kappa shape index (κ2) is 7.75. The van der Waals surface area contributed by atoms with E-state index in [0.717, 1.165) is 0 Å². The van der Waals surface area contributed by atoms with Crippen LogP contribution in [0.15, 0.2) is 41.0 Å². The summed E-state index contributed by atoms with van der Waals surface area (Å²) in [7, 11) is 2.96. The molecule has 0 fully saturated rings. The molecular formula is C16H19FN2O4. The third-order valence-corrected chi connectivity index (χ3v) is 3.20.